The number of aliphatic carboxylic acids is 1. The maximum absolute atomic E-state index is 10.2. The van der Waals surface area contributed by atoms with Crippen LogP contribution in [0.5, 0.6) is 0 Å². The van der Waals surface area contributed by atoms with E-state index >= 15 is 0 Å². The lowest BCUT2D eigenvalue weighted by Gasteiger charge is -2.18. The molecule has 5 nitrogen and oxygen atoms in total. The summed E-state index contributed by atoms with van der Waals surface area (Å²) in [6.07, 6.45) is 0.408. The number of carboxylic acid groups (broad SMARTS) is 1. The van der Waals surface area contributed by atoms with Crippen molar-refractivity contribution in [2.24, 2.45) is 0 Å². The van der Waals surface area contributed by atoms with Gasteiger partial charge in [-0.15, -0.1) is 0 Å². The molecule has 2 N–H and O–H groups in total. The summed E-state index contributed by atoms with van der Waals surface area (Å²) in [4.78, 5) is 12.0. The van der Waals surface area contributed by atoms with E-state index in [1.165, 1.54) is 0 Å². The molecular weight excluding hydrogens is 172 g/mol. The Hall–Kier alpha value is -1.12. The number of hydrogen-bond acceptors (Lipinski definition) is 4. The lowest BCUT2D eigenvalue weighted by molar-refractivity contribution is -0.137. The van der Waals surface area contributed by atoms with E-state index in [0.29, 0.717) is 26.1 Å². The normalized spacial score (nSPS) is 9.92. The molecular formula is C8H14N2O3. The number of rotatable bonds is 7. The van der Waals surface area contributed by atoms with Crippen molar-refractivity contribution in [1.82, 2.24) is 4.90 Å². The van der Waals surface area contributed by atoms with E-state index in [0.717, 1.165) is 0 Å². The zero-order valence-electron chi connectivity index (χ0n) is 7.44. The predicted molar refractivity (Wildman–Crippen MR) is 46.0 cm³/mol. The minimum Gasteiger partial charge on any atom is -0.481 e. The first-order valence-electron chi connectivity index (χ1n) is 4.12. The maximum Gasteiger partial charge on any atom is 0.304 e. The molecule has 0 aromatic carbocycles. The average molecular weight is 186 g/mol. The lowest BCUT2D eigenvalue weighted by atomic mass is 10.3. The average Bonchev–Trinajstić information content (AvgIpc) is 2.09. The van der Waals surface area contributed by atoms with Gasteiger partial charge in [0, 0.05) is 26.1 Å². The van der Waals surface area contributed by atoms with Gasteiger partial charge < -0.3 is 10.2 Å². The van der Waals surface area contributed by atoms with E-state index < -0.39 is 5.97 Å². The molecule has 0 rings (SSSR count). The highest BCUT2D eigenvalue weighted by Crippen LogP contribution is 1.93. The van der Waals surface area contributed by atoms with Gasteiger partial charge in [-0.3, -0.25) is 9.69 Å². The molecule has 0 radical (unpaired) electrons. The van der Waals surface area contributed by atoms with Gasteiger partial charge in [-0.25, -0.2) is 0 Å². The standard InChI is InChI=1S/C8H14N2O3/c9-3-1-4-10(6-7-11)5-2-8(12)13/h11H,1-2,4-7H2,(H,12,13). The zero-order chi connectivity index (χ0) is 10.1. The van der Waals surface area contributed by atoms with Crippen LogP contribution in [0.2, 0.25) is 0 Å². The fraction of sp³-hybridized carbons (Fsp3) is 0.750. The van der Waals surface area contributed by atoms with E-state index in [1.807, 2.05) is 6.07 Å². The van der Waals surface area contributed by atoms with Crippen molar-refractivity contribution in [1.29, 1.82) is 5.26 Å². The van der Waals surface area contributed by atoms with Gasteiger partial charge in [0.25, 0.3) is 0 Å². The fourth-order valence-corrected chi connectivity index (χ4v) is 0.939. The first-order chi connectivity index (χ1) is 6.20. The van der Waals surface area contributed by atoms with Crippen molar-refractivity contribution in [3.8, 4) is 6.07 Å². The van der Waals surface area contributed by atoms with Crippen LogP contribution in [0.15, 0.2) is 0 Å². The van der Waals surface area contributed by atoms with Crippen molar-refractivity contribution >= 4 is 5.97 Å². The quantitative estimate of drug-likeness (QED) is 0.568. The smallest absolute Gasteiger partial charge is 0.304 e. The summed E-state index contributed by atoms with van der Waals surface area (Å²) in [6, 6.07) is 1.97. The molecule has 0 unspecified atom stereocenters. The van der Waals surface area contributed by atoms with Crippen LogP contribution >= 0.6 is 0 Å². The highest BCUT2D eigenvalue weighted by atomic mass is 16.4. The number of carbonyl (C=O) groups is 1. The molecule has 5 heteroatoms. The van der Waals surface area contributed by atoms with Crippen LogP contribution in [0, 0.1) is 11.3 Å². The molecule has 0 bridgehead atoms. The lowest BCUT2D eigenvalue weighted by Crippen LogP contribution is -2.30. The van der Waals surface area contributed by atoms with E-state index in [2.05, 4.69) is 0 Å². The van der Waals surface area contributed by atoms with E-state index in [-0.39, 0.29) is 13.0 Å². The molecule has 0 atom stereocenters. The largest absolute Gasteiger partial charge is 0.481 e. The third kappa shape index (κ3) is 7.25. The molecule has 74 valence electrons. The molecule has 0 aromatic rings. The second-order valence-corrected chi connectivity index (χ2v) is 2.62. The first-order valence-corrected chi connectivity index (χ1v) is 4.12. The summed E-state index contributed by atoms with van der Waals surface area (Å²) in [5.74, 6) is -0.861. The van der Waals surface area contributed by atoms with Gasteiger partial charge in [0.05, 0.1) is 19.1 Å². The molecule has 0 aliphatic heterocycles. The Balaban J connectivity index is 3.67. The first kappa shape index (κ1) is 11.9. The van der Waals surface area contributed by atoms with Gasteiger partial charge in [0.15, 0.2) is 0 Å². The fourth-order valence-electron chi connectivity index (χ4n) is 0.939. The monoisotopic (exact) mass is 186 g/mol. The summed E-state index contributed by atoms with van der Waals surface area (Å²) in [6.45, 7) is 1.32. The topological polar surface area (TPSA) is 84.6 Å². The zero-order valence-corrected chi connectivity index (χ0v) is 7.44. The summed E-state index contributed by atoms with van der Waals surface area (Å²) >= 11 is 0. The van der Waals surface area contributed by atoms with Gasteiger partial charge in [-0.1, -0.05) is 0 Å². The molecule has 13 heavy (non-hydrogen) atoms. The second-order valence-electron chi connectivity index (χ2n) is 2.62. The molecule has 0 spiro atoms. The summed E-state index contributed by atoms with van der Waals surface area (Å²) < 4.78 is 0. The van der Waals surface area contributed by atoms with E-state index in [9.17, 15) is 4.79 Å². The van der Waals surface area contributed by atoms with Crippen LogP contribution < -0.4 is 0 Å². The minimum atomic E-state index is -0.861. The number of aliphatic hydroxyl groups is 1. The number of hydrogen-bond donors (Lipinski definition) is 2. The summed E-state index contributed by atoms with van der Waals surface area (Å²) in [5.41, 5.74) is 0. The highest BCUT2D eigenvalue weighted by Gasteiger charge is 2.05. The van der Waals surface area contributed by atoms with Crippen molar-refractivity contribution in [3.63, 3.8) is 0 Å². The molecule has 0 saturated carbocycles. The van der Waals surface area contributed by atoms with Crippen LogP contribution in [0.1, 0.15) is 12.8 Å². The highest BCUT2D eigenvalue weighted by molar-refractivity contribution is 5.66. The van der Waals surface area contributed by atoms with Gasteiger partial charge in [-0.05, 0) is 0 Å². The number of carboxylic acids is 1. The minimum absolute atomic E-state index is 0.00888. The molecule has 0 aliphatic carbocycles. The van der Waals surface area contributed by atoms with Gasteiger partial charge in [-0.2, -0.15) is 5.26 Å². The van der Waals surface area contributed by atoms with Crippen molar-refractivity contribution < 1.29 is 15.0 Å². The maximum atomic E-state index is 10.2. The van der Waals surface area contributed by atoms with Crippen molar-refractivity contribution in [2.75, 3.05) is 26.2 Å². The van der Waals surface area contributed by atoms with Crippen molar-refractivity contribution in [2.45, 2.75) is 12.8 Å². The second kappa shape index (κ2) is 7.53. The van der Waals surface area contributed by atoms with E-state index in [4.69, 9.17) is 15.5 Å². The molecule has 0 aromatic heterocycles. The van der Waals surface area contributed by atoms with Crippen LogP contribution in [0.3, 0.4) is 0 Å². The van der Waals surface area contributed by atoms with Crippen LogP contribution in [0.4, 0.5) is 0 Å². The Morgan fingerprint density at radius 2 is 2.08 bits per heavy atom. The van der Waals surface area contributed by atoms with Crippen LogP contribution in [0.25, 0.3) is 0 Å². The van der Waals surface area contributed by atoms with Crippen molar-refractivity contribution in [3.05, 3.63) is 0 Å². The predicted octanol–water partition coefficient (Wildman–Crippen LogP) is -0.331. The Kier molecular flexibility index (Phi) is 6.88. The van der Waals surface area contributed by atoms with Crippen LogP contribution in [-0.4, -0.2) is 47.3 Å². The molecule has 0 heterocycles. The van der Waals surface area contributed by atoms with Gasteiger partial charge >= 0.3 is 5.97 Å². The molecule has 0 saturated heterocycles. The Bertz CT molecular complexity index is 188. The Morgan fingerprint density at radius 1 is 1.38 bits per heavy atom. The van der Waals surface area contributed by atoms with E-state index in [1.54, 1.807) is 4.90 Å². The summed E-state index contributed by atoms with van der Waals surface area (Å²) in [5, 5.41) is 25.3. The third-order valence-corrected chi connectivity index (χ3v) is 1.60. The number of aliphatic hydroxyl groups excluding tert-OH is 1. The Labute approximate surface area is 77.2 Å². The Morgan fingerprint density at radius 3 is 2.54 bits per heavy atom. The van der Waals surface area contributed by atoms with Crippen LogP contribution in [-0.2, 0) is 4.79 Å². The molecule has 0 fully saturated rings. The summed E-state index contributed by atoms with van der Waals surface area (Å²) in [7, 11) is 0. The molecule has 0 aliphatic rings. The number of nitrogens with zero attached hydrogens (tertiary/aromatic N) is 2. The molecule has 0 amide bonds. The van der Waals surface area contributed by atoms with Gasteiger partial charge in [0.1, 0.15) is 0 Å². The number of nitriles is 1. The van der Waals surface area contributed by atoms with Gasteiger partial charge in [0.2, 0.25) is 0 Å². The third-order valence-electron chi connectivity index (χ3n) is 1.60. The SMILES string of the molecule is N#CCCN(CCO)CCC(=O)O.